The van der Waals surface area contributed by atoms with Crippen molar-refractivity contribution in [1.82, 2.24) is 16.0 Å². The Balaban J connectivity index is 2.48. The molecule has 27 heavy (non-hydrogen) atoms. The summed E-state index contributed by atoms with van der Waals surface area (Å²) >= 11 is 3.53. The highest BCUT2D eigenvalue weighted by atomic mass is 79.9. The molecule has 8 nitrogen and oxygen atoms in total. The van der Waals surface area contributed by atoms with Crippen molar-refractivity contribution in [3.63, 3.8) is 0 Å². The van der Waals surface area contributed by atoms with Crippen molar-refractivity contribution in [1.29, 1.82) is 0 Å². The van der Waals surface area contributed by atoms with Crippen molar-refractivity contribution in [3.8, 4) is 11.5 Å². The van der Waals surface area contributed by atoms with Crippen molar-refractivity contribution < 1.29 is 19.0 Å². The summed E-state index contributed by atoms with van der Waals surface area (Å²) in [6, 6.07) is 3.75. The lowest BCUT2D eigenvalue weighted by Gasteiger charge is -2.20. The molecule has 0 saturated carbocycles. The molecule has 3 N–H and O–H groups in total. The molecule has 0 saturated heterocycles. The number of halogens is 1. The number of carbonyl (C=O) groups excluding carboxylic acids is 1. The van der Waals surface area contributed by atoms with Gasteiger partial charge in [0.15, 0.2) is 17.5 Å². The maximum absolute atomic E-state index is 11.6. The van der Waals surface area contributed by atoms with Crippen LogP contribution in [-0.2, 0) is 11.3 Å². The second-order valence-electron chi connectivity index (χ2n) is 6.58. The Morgan fingerprint density at radius 2 is 1.67 bits per heavy atom. The monoisotopic (exact) mass is 444 g/mol. The van der Waals surface area contributed by atoms with Crippen LogP contribution in [0, 0.1) is 0 Å². The highest BCUT2D eigenvalue weighted by Gasteiger charge is 2.15. The highest BCUT2D eigenvalue weighted by Crippen LogP contribution is 2.33. The van der Waals surface area contributed by atoms with Crippen LogP contribution >= 0.6 is 15.9 Å². The Bertz CT molecular complexity index is 659. The molecule has 0 aromatic heterocycles. The molecule has 0 aliphatic heterocycles. The fourth-order valence-corrected chi connectivity index (χ4v) is 2.55. The first kappa shape index (κ1) is 22.9. The van der Waals surface area contributed by atoms with E-state index in [1.54, 1.807) is 21.3 Å². The molecule has 0 unspecified atom stereocenters. The smallest absolute Gasteiger partial charge is 0.407 e. The number of methoxy groups -OCH3 is 2. The molecule has 1 rings (SSSR count). The second kappa shape index (κ2) is 10.9. The van der Waals surface area contributed by atoms with Crippen LogP contribution in [0.2, 0.25) is 0 Å². The zero-order valence-corrected chi connectivity index (χ0v) is 18.3. The minimum absolute atomic E-state index is 0.412. The van der Waals surface area contributed by atoms with E-state index in [0.29, 0.717) is 37.1 Å². The second-order valence-corrected chi connectivity index (χ2v) is 7.43. The highest BCUT2D eigenvalue weighted by molar-refractivity contribution is 9.10. The Morgan fingerprint density at radius 1 is 1.07 bits per heavy atom. The number of ether oxygens (including phenoxy) is 3. The van der Waals surface area contributed by atoms with Crippen LogP contribution in [-0.4, -0.2) is 52.0 Å². The summed E-state index contributed by atoms with van der Waals surface area (Å²) in [6.07, 6.45) is -0.443. The maximum Gasteiger partial charge on any atom is 0.407 e. The van der Waals surface area contributed by atoms with E-state index in [1.807, 2.05) is 32.9 Å². The minimum atomic E-state index is -0.512. The number of alkyl carbamates (subject to hydrolysis) is 1. The van der Waals surface area contributed by atoms with Gasteiger partial charge in [0.2, 0.25) is 0 Å². The molecule has 152 valence electrons. The number of nitrogens with one attached hydrogen (secondary N) is 3. The van der Waals surface area contributed by atoms with Gasteiger partial charge in [0.05, 0.1) is 14.2 Å². The Kier molecular flexibility index (Phi) is 9.20. The number of guanidine groups is 1. The lowest BCUT2D eigenvalue weighted by molar-refractivity contribution is 0.0529. The molecule has 0 radical (unpaired) electrons. The fraction of sp³-hybridized carbons (Fsp3) is 0.556. The largest absolute Gasteiger partial charge is 0.493 e. The first-order valence-corrected chi connectivity index (χ1v) is 9.31. The van der Waals surface area contributed by atoms with E-state index in [-0.39, 0.29) is 0 Å². The van der Waals surface area contributed by atoms with Gasteiger partial charge >= 0.3 is 6.09 Å². The van der Waals surface area contributed by atoms with Crippen LogP contribution < -0.4 is 25.4 Å². The predicted molar refractivity (Wildman–Crippen MR) is 110 cm³/mol. The quantitative estimate of drug-likeness (QED) is 0.340. The van der Waals surface area contributed by atoms with Gasteiger partial charge in [-0.1, -0.05) is 15.9 Å². The third kappa shape index (κ3) is 8.38. The minimum Gasteiger partial charge on any atom is -0.493 e. The van der Waals surface area contributed by atoms with Gasteiger partial charge in [0.1, 0.15) is 5.60 Å². The van der Waals surface area contributed by atoms with E-state index in [4.69, 9.17) is 14.2 Å². The molecule has 0 spiro atoms. The molecule has 0 aliphatic carbocycles. The van der Waals surface area contributed by atoms with Crippen LogP contribution in [0.5, 0.6) is 11.5 Å². The predicted octanol–water partition coefficient (Wildman–Crippen LogP) is 2.66. The van der Waals surface area contributed by atoms with E-state index in [0.717, 1.165) is 10.0 Å². The Labute approximate surface area is 169 Å². The number of aliphatic imine (C=N–C) groups is 1. The zero-order chi connectivity index (χ0) is 20.4. The number of amides is 1. The molecule has 0 heterocycles. The Hall–Kier alpha value is -2.16. The fourth-order valence-electron chi connectivity index (χ4n) is 2.09. The van der Waals surface area contributed by atoms with E-state index in [1.165, 1.54) is 0 Å². The van der Waals surface area contributed by atoms with Crippen molar-refractivity contribution in [2.75, 3.05) is 34.4 Å². The third-order valence-electron chi connectivity index (χ3n) is 3.31. The van der Waals surface area contributed by atoms with Crippen molar-refractivity contribution in [3.05, 3.63) is 22.2 Å². The summed E-state index contributed by atoms with van der Waals surface area (Å²) in [5.41, 5.74) is 0.476. The summed E-state index contributed by atoms with van der Waals surface area (Å²) in [4.78, 5) is 15.8. The van der Waals surface area contributed by atoms with E-state index < -0.39 is 11.7 Å². The van der Waals surface area contributed by atoms with Crippen molar-refractivity contribution >= 4 is 28.0 Å². The molecular weight excluding hydrogens is 416 g/mol. The molecule has 0 fully saturated rings. The van der Waals surface area contributed by atoms with Crippen LogP contribution in [0.3, 0.4) is 0 Å². The van der Waals surface area contributed by atoms with E-state index in [2.05, 4.69) is 36.9 Å². The number of nitrogens with zero attached hydrogens (tertiary/aromatic N) is 1. The summed E-state index contributed by atoms with van der Waals surface area (Å²) in [7, 11) is 4.88. The van der Waals surface area contributed by atoms with Crippen LogP contribution in [0.1, 0.15) is 26.3 Å². The first-order valence-electron chi connectivity index (χ1n) is 8.52. The molecule has 9 heteroatoms. The molecule has 1 aromatic rings. The summed E-state index contributed by atoms with van der Waals surface area (Å²) in [5.74, 6) is 1.92. The zero-order valence-electron chi connectivity index (χ0n) is 16.7. The molecule has 0 bridgehead atoms. The Morgan fingerprint density at radius 3 is 2.22 bits per heavy atom. The van der Waals surface area contributed by atoms with Crippen LogP contribution in [0.4, 0.5) is 4.79 Å². The molecule has 0 atom stereocenters. The SMILES string of the molecule is CN=C(NCCNC(=O)OC(C)(C)C)NCc1cc(OC)c(OC)cc1Br. The van der Waals surface area contributed by atoms with Gasteiger partial charge in [-0.3, -0.25) is 4.99 Å². The average molecular weight is 445 g/mol. The number of rotatable bonds is 7. The summed E-state index contributed by atoms with van der Waals surface area (Å²) in [5, 5.41) is 9.02. The lowest BCUT2D eigenvalue weighted by atomic mass is 10.2. The maximum atomic E-state index is 11.6. The van der Waals surface area contributed by atoms with Gasteiger partial charge in [-0.2, -0.15) is 0 Å². The van der Waals surface area contributed by atoms with Gasteiger partial charge in [-0.25, -0.2) is 4.79 Å². The third-order valence-corrected chi connectivity index (χ3v) is 4.05. The van der Waals surface area contributed by atoms with Gasteiger partial charge in [0.25, 0.3) is 0 Å². The standard InChI is InChI=1S/C18H29BrN4O4/c1-18(2,3)27-17(24)22-8-7-21-16(20-4)23-11-12-9-14(25-5)15(26-6)10-13(12)19/h9-10H,7-8,11H2,1-6H3,(H,22,24)(H2,20,21,23). The topological polar surface area (TPSA) is 93.2 Å². The first-order chi connectivity index (χ1) is 12.7. The van der Waals surface area contributed by atoms with Gasteiger partial charge in [0, 0.05) is 31.2 Å². The van der Waals surface area contributed by atoms with E-state index in [9.17, 15) is 4.79 Å². The van der Waals surface area contributed by atoms with Gasteiger partial charge in [-0.05, 0) is 38.5 Å². The van der Waals surface area contributed by atoms with Crippen LogP contribution in [0.15, 0.2) is 21.6 Å². The number of hydrogen-bond acceptors (Lipinski definition) is 5. The van der Waals surface area contributed by atoms with Gasteiger partial charge < -0.3 is 30.2 Å². The van der Waals surface area contributed by atoms with Gasteiger partial charge in [-0.15, -0.1) is 0 Å². The molecule has 1 aromatic carbocycles. The summed E-state index contributed by atoms with van der Waals surface area (Å²) in [6.45, 7) is 6.91. The van der Waals surface area contributed by atoms with Crippen LogP contribution in [0.25, 0.3) is 0 Å². The lowest BCUT2D eigenvalue weighted by Crippen LogP contribution is -2.42. The average Bonchev–Trinajstić information content (AvgIpc) is 2.60. The summed E-state index contributed by atoms with van der Waals surface area (Å²) < 4.78 is 16.7. The molecule has 1 amide bonds. The number of carbonyl (C=O) groups is 1. The molecule has 0 aliphatic rings. The normalized spacial score (nSPS) is 11.6. The van der Waals surface area contributed by atoms with E-state index >= 15 is 0 Å². The number of benzene rings is 1. The molecular formula is C18H29BrN4O4. The van der Waals surface area contributed by atoms with Crippen molar-refractivity contribution in [2.45, 2.75) is 32.9 Å². The number of hydrogen-bond donors (Lipinski definition) is 3. The van der Waals surface area contributed by atoms with Crippen molar-refractivity contribution in [2.24, 2.45) is 4.99 Å².